The topological polar surface area (TPSA) is 105 Å². The van der Waals surface area contributed by atoms with Crippen LogP contribution in [0.5, 0.6) is 0 Å². The van der Waals surface area contributed by atoms with Gasteiger partial charge in [-0.1, -0.05) is 92.2 Å². The van der Waals surface area contributed by atoms with E-state index in [4.69, 9.17) is 5.73 Å². The van der Waals surface area contributed by atoms with E-state index in [1.54, 1.807) is 23.4 Å². The highest BCUT2D eigenvalue weighted by atomic mass is 16.2. The second-order valence-corrected chi connectivity index (χ2v) is 9.51. The Kier molecular flexibility index (Phi) is 23.2. The second-order valence-electron chi connectivity index (χ2n) is 9.51. The Labute approximate surface area is 238 Å². The Bertz CT molecular complexity index is 906. The van der Waals surface area contributed by atoms with Crippen LogP contribution in [0.1, 0.15) is 98.6 Å². The third kappa shape index (κ3) is 17.8. The van der Waals surface area contributed by atoms with E-state index in [0.717, 1.165) is 29.5 Å². The molecular formula is C32H54N4O3. The second kappa shape index (κ2) is 23.9. The van der Waals surface area contributed by atoms with Gasteiger partial charge in [0.25, 0.3) is 0 Å². The first kappa shape index (κ1) is 37.9. The zero-order valence-corrected chi connectivity index (χ0v) is 25.8. The lowest BCUT2D eigenvalue weighted by Gasteiger charge is -2.24. The molecule has 0 aromatic carbocycles. The summed E-state index contributed by atoms with van der Waals surface area (Å²) in [7, 11) is 0. The Morgan fingerprint density at radius 1 is 1.15 bits per heavy atom. The Morgan fingerprint density at radius 3 is 2.31 bits per heavy atom. The Balaban J connectivity index is 0. The molecule has 0 saturated heterocycles. The summed E-state index contributed by atoms with van der Waals surface area (Å²) in [5.41, 5.74) is 8.19. The van der Waals surface area contributed by atoms with Gasteiger partial charge in [-0.2, -0.15) is 0 Å². The molecule has 3 amide bonds. The molecule has 0 bridgehead atoms. The van der Waals surface area contributed by atoms with Gasteiger partial charge >= 0.3 is 0 Å². The fourth-order valence-electron chi connectivity index (χ4n) is 3.64. The predicted molar refractivity (Wildman–Crippen MR) is 165 cm³/mol. The molecule has 7 nitrogen and oxygen atoms in total. The van der Waals surface area contributed by atoms with Crippen LogP contribution in [-0.4, -0.2) is 40.7 Å². The number of pyridine rings is 1. The number of nitrogens with zero attached hydrogens (tertiary/aromatic N) is 2. The molecule has 0 fully saturated rings. The van der Waals surface area contributed by atoms with Crippen LogP contribution in [0.3, 0.4) is 0 Å². The van der Waals surface area contributed by atoms with E-state index in [9.17, 15) is 14.4 Å². The van der Waals surface area contributed by atoms with Crippen LogP contribution < -0.4 is 11.1 Å². The molecule has 220 valence electrons. The van der Waals surface area contributed by atoms with E-state index in [0.29, 0.717) is 19.5 Å². The lowest BCUT2D eigenvalue weighted by atomic mass is 9.93. The molecule has 1 heterocycles. The largest absolute Gasteiger partial charge is 0.370 e. The molecule has 1 aromatic heterocycles. The minimum absolute atomic E-state index is 0.0240. The van der Waals surface area contributed by atoms with Crippen molar-refractivity contribution in [1.29, 1.82) is 0 Å². The smallest absolute Gasteiger partial charge is 0.242 e. The predicted octanol–water partition coefficient (Wildman–Crippen LogP) is 6.45. The number of nitrogens with one attached hydrogen (secondary N) is 1. The zero-order chi connectivity index (χ0) is 30.2. The molecule has 0 aliphatic carbocycles. The summed E-state index contributed by atoms with van der Waals surface area (Å²) < 4.78 is 0. The fourth-order valence-corrected chi connectivity index (χ4v) is 3.64. The van der Waals surface area contributed by atoms with Crippen LogP contribution in [0, 0.1) is 11.8 Å². The summed E-state index contributed by atoms with van der Waals surface area (Å²) in [6.07, 6.45) is 14.6. The highest BCUT2D eigenvalue weighted by Gasteiger charge is 2.23. The SMILES string of the molecule is C=C/C=C\C(=C/C)c1cncc(CN(CCCC)C(=O)CNC(=O)C(CC(N)=O)CC(C)C)c1.CC.CCC. The van der Waals surface area contributed by atoms with Crippen molar-refractivity contribution < 1.29 is 14.4 Å². The van der Waals surface area contributed by atoms with Gasteiger partial charge in [0.1, 0.15) is 0 Å². The minimum Gasteiger partial charge on any atom is -0.370 e. The van der Waals surface area contributed by atoms with Crippen molar-refractivity contribution in [2.24, 2.45) is 17.6 Å². The molecule has 1 aromatic rings. The minimum atomic E-state index is -0.529. The number of allylic oxidation sites excluding steroid dienone is 5. The van der Waals surface area contributed by atoms with Crippen molar-refractivity contribution in [1.82, 2.24) is 15.2 Å². The summed E-state index contributed by atoms with van der Waals surface area (Å²) in [4.78, 5) is 43.1. The summed E-state index contributed by atoms with van der Waals surface area (Å²) in [5, 5.41) is 2.72. The molecular weight excluding hydrogens is 488 g/mol. The Morgan fingerprint density at radius 2 is 1.79 bits per heavy atom. The van der Waals surface area contributed by atoms with E-state index >= 15 is 0 Å². The van der Waals surface area contributed by atoms with Gasteiger partial charge in [-0.25, -0.2) is 0 Å². The van der Waals surface area contributed by atoms with Gasteiger partial charge in [-0.3, -0.25) is 19.4 Å². The number of unbranched alkanes of at least 4 members (excludes halogenated alkanes) is 1. The molecule has 1 atom stereocenters. The number of primary amides is 1. The first-order chi connectivity index (χ1) is 18.6. The molecule has 7 heteroatoms. The van der Waals surface area contributed by atoms with Gasteiger partial charge in [0.15, 0.2) is 0 Å². The van der Waals surface area contributed by atoms with Gasteiger partial charge in [-0.05, 0) is 48.4 Å². The number of carbonyl (C=O) groups is 3. The third-order valence-electron chi connectivity index (χ3n) is 5.35. The third-order valence-corrected chi connectivity index (χ3v) is 5.35. The van der Waals surface area contributed by atoms with Gasteiger partial charge < -0.3 is 16.0 Å². The number of nitrogens with two attached hydrogens (primary N) is 1. The molecule has 1 unspecified atom stereocenters. The fraction of sp³-hybridized carbons (Fsp3) is 0.562. The van der Waals surface area contributed by atoms with Gasteiger partial charge in [0, 0.05) is 37.8 Å². The van der Waals surface area contributed by atoms with Crippen molar-refractivity contribution in [3.63, 3.8) is 0 Å². The van der Waals surface area contributed by atoms with Gasteiger partial charge in [0.2, 0.25) is 17.7 Å². The van der Waals surface area contributed by atoms with E-state index in [1.165, 1.54) is 6.42 Å². The standard InChI is InChI=1S/C27H40N4O3.C3H8.C2H6/c1-6-9-11-22(8-3)24-14-21(16-29-17-24)19-31(12-10-7-2)26(33)18-30-27(34)23(13-20(4)5)15-25(28)32;1-3-2;1-2/h6,8-9,11,14,16-17,20,23H,1,7,10,12-13,15,18-19H2,2-5H3,(H2,28,32)(H,30,34);3H2,1-2H3;1-2H3/b11-9-,22-8+;;. The van der Waals surface area contributed by atoms with E-state index in [1.807, 2.05) is 58.9 Å². The first-order valence-corrected chi connectivity index (χ1v) is 14.4. The van der Waals surface area contributed by atoms with Gasteiger partial charge in [-0.15, -0.1) is 0 Å². The van der Waals surface area contributed by atoms with Crippen molar-refractivity contribution in [2.75, 3.05) is 13.1 Å². The molecule has 3 N–H and O–H groups in total. The first-order valence-electron chi connectivity index (χ1n) is 14.4. The van der Waals surface area contributed by atoms with E-state index in [2.05, 4.69) is 37.7 Å². The summed E-state index contributed by atoms with van der Waals surface area (Å²) in [5.74, 6) is -1.31. The number of carbonyl (C=O) groups excluding carboxylic acids is 3. The van der Waals surface area contributed by atoms with Crippen LogP contribution in [-0.2, 0) is 20.9 Å². The molecule has 0 aliphatic heterocycles. The van der Waals surface area contributed by atoms with Crippen LogP contribution >= 0.6 is 0 Å². The molecule has 0 aliphatic rings. The van der Waals surface area contributed by atoms with Crippen molar-refractivity contribution >= 4 is 23.3 Å². The van der Waals surface area contributed by atoms with Crippen LogP contribution in [0.4, 0.5) is 0 Å². The normalized spacial score (nSPS) is 11.6. The maximum Gasteiger partial charge on any atom is 0.242 e. The molecule has 0 radical (unpaired) electrons. The number of amides is 3. The van der Waals surface area contributed by atoms with Gasteiger partial charge in [0.05, 0.1) is 6.54 Å². The molecule has 0 spiro atoms. The van der Waals surface area contributed by atoms with Crippen molar-refractivity contribution in [3.8, 4) is 0 Å². The summed E-state index contributed by atoms with van der Waals surface area (Å²) in [6.45, 7) is 20.8. The molecule has 1 rings (SSSR count). The lowest BCUT2D eigenvalue weighted by molar-refractivity contribution is -0.135. The summed E-state index contributed by atoms with van der Waals surface area (Å²) >= 11 is 0. The number of rotatable bonds is 15. The van der Waals surface area contributed by atoms with Crippen molar-refractivity contribution in [3.05, 3.63) is 60.5 Å². The lowest BCUT2D eigenvalue weighted by Crippen LogP contribution is -2.43. The van der Waals surface area contributed by atoms with Crippen LogP contribution in [0.2, 0.25) is 0 Å². The zero-order valence-electron chi connectivity index (χ0n) is 25.8. The maximum atomic E-state index is 13.0. The Hall–Kier alpha value is -3.22. The highest BCUT2D eigenvalue weighted by Crippen LogP contribution is 2.18. The van der Waals surface area contributed by atoms with Crippen LogP contribution in [0.25, 0.3) is 5.57 Å². The van der Waals surface area contributed by atoms with Crippen molar-refractivity contribution in [2.45, 2.75) is 94.0 Å². The molecule has 39 heavy (non-hydrogen) atoms. The average molecular weight is 543 g/mol. The number of hydrogen-bond donors (Lipinski definition) is 2. The summed E-state index contributed by atoms with van der Waals surface area (Å²) in [6, 6.07) is 2.02. The maximum absolute atomic E-state index is 13.0. The highest BCUT2D eigenvalue weighted by molar-refractivity contribution is 5.88. The number of hydrogen-bond acceptors (Lipinski definition) is 4. The quantitative estimate of drug-likeness (QED) is 0.248. The van der Waals surface area contributed by atoms with Crippen LogP contribution in [0.15, 0.2) is 49.3 Å². The molecule has 0 saturated carbocycles. The number of aromatic nitrogens is 1. The average Bonchev–Trinajstić information content (AvgIpc) is 2.90. The van der Waals surface area contributed by atoms with E-state index < -0.39 is 11.8 Å². The van der Waals surface area contributed by atoms with E-state index in [-0.39, 0.29) is 30.7 Å². The monoisotopic (exact) mass is 542 g/mol.